The van der Waals surface area contributed by atoms with Gasteiger partial charge in [0.2, 0.25) is 0 Å². The van der Waals surface area contributed by atoms with Crippen LogP contribution >= 0.6 is 0 Å². The SMILES string of the molecule is c1ccc(-c2cccc(-c3ccc(N(c4cc(-c5ccccc5)cc(-c5ccccc5)c4)c4cc(-c5cc6ccccc6c6ccccc56)ccc4-c4ccccc4)cc3)c2)cc1. The highest BCUT2D eigenvalue weighted by Crippen LogP contribution is 2.46. The monoisotopic (exact) mass is 801 g/mol. The van der Waals surface area contributed by atoms with Crippen molar-refractivity contribution in [2.45, 2.75) is 0 Å². The Hall–Kier alpha value is -8.26. The van der Waals surface area contributed by atoms with Crippen LogP contribution in [0.2, 0.25) is 0 Å². The van der Waals surface area contributed by atoms with Gasteiger partial charge in [0.25, 0.3) is 0 Å². The second-order valence-electron chi connectivity index (χ2n) is 16.1. The van der Waals surface area contributed by atoms with E-state index in [9.17, 15) is 0 Å². The first-order chi connectivity index (χ1) is 31.2. The molecule has 0 unspecified atom stereocenters. The second kappa shape index (κ2) is 16.7. The number of nitrogens with zero attached hydrogens (tertiary/aromatic N) is 1. The number of benzene rings is 11. The molecule has 0 amide bonds. The summed E-state index contributed by atoms with van der Waals surface area (Å²) in [5, 5.41) is 4.98. The zero-order valence-corrected chi connectivity index (χ0v) is 34.8. The first kappa shape index (κ1) is 37.7. The van der Waals surface area contributed by atoms with E-state index in [0.717, 1.165) is 44.9 Å². The van der Waals surface area contributed by atoms with Crippen LogP contribution in [-0.2, 0) is 0 Å². The molecule has 11 rings (SSSR count). The summed E-state index contributed by atoms with van der Waals surface area (Å²) in [6.45, 7) is 0. The van der Waals surface area contributed by atoms with Crippen LogP contribution in [0.5, 0.6) is 0 Å². The van der Waals surface area contributed by atoms with Gasteiger partial charge in [-0.3, -0.25) is 0 Å². The second-order valence-corrected chi connectivity index (χ2v) is 16.1. The lowest BCUT2D eigenvalue weighted by atomic mass is 9.91. The average Bonchev–Trinajstić information content (AvgIpc) is 3.37. The Balaban J connectivity index is 1.16. The highest BCUT2D eigenvalue weighted by molar-refractivity contribution is 6.14. The normalized spacial score (nSPS) is 11.2. The molecule has 1 nitrogen and oxygen atoms in total. The molecular formula is C62H43N. The van der Waals surface area contributed by atoms with Crippen molar-refractivity contribution in [3.8, 4) is 66.8 Å². The first-order valence-corrected chi connectivity index (χ1v) is 21.7. The van der Waals surface area contributed by atoms with E-state index in [2.05, 4.69) is 266 Å². The number of hydrogen-bond donors (Lipinski definition) is 0. The maximum atomic E-state index is 2.47. The van der Waals surface area contributed by atoms with Crippen LogP contribution in [0.15, 0.2) is 261 Å². The van der Waals surface area contributed by atoms with Crippen LogP contribution in [-0.4, -0.2) is 0 Å². The van der Waals surface area contributed by atoms with Gasteiger partial charge >= 0.3 is 0 Å². The van der Waals surface area contributed by atoms with Crippen LogP contribution in [0, 0.1) is 0 Å². The fraction of sp³-hybridized carbons (Fsp3) is 0. The van der Waals surface area contributed by atoms with E-state index in [4.69, 9.17) is 0 Å². The maximum absolute atomic E-state index is 2.47. The van der Waals surface area contributed by atoms with Gasteiger partial charge in [-0.25, -0.2) is 0 Å². The first-order valence-electron chi connectivity index (χ1n) is 21.7. The standard InChI is InChI=1S/C62H43N/c1-5-18-44(19-6-1)49-27-17-28-50(38-49)47-32-35-55(36-33-47)63(56-40-53(45-20-7-2-8-21-45)39-54(41-56)46-22-9-3-10-23-46)62-43-52(34-37-58(62)48-24-11-4-12-25-48)61-42-51-26-13-14-29-57(51)59-30-15-16-31-60(59)61/h1-43H. The summed E-state index contributed by atoms with van der Waals surface area (Å²) >= 11 is 0. The summed E-state index contributed by atoms with van der Waals surface area (Å²) in [6.07, 6.45) is 0. The molecule has 11 aromatic rings. The fourth-order valence-corrected chi connectivity index (χ4v) is 9.11. The van der Waals surface area contributed by atoms with Crippen molar-refractivity contribution in [3.05, 3.63) is 261 Å². The third-order valence-corrected chi connectivity index (χ3v) is 12.2. The van der Waals surface area contributed by atoms with E-state index in [1.54, 1.807) is 0 Å². The minimum absolute atomic E-state index is 1.07. The molecule has 0 bridgehead atoms. The summed E-state index contributed by atoms with van der Waals surface area (Å²) in [7, 11) is 0. The van der Waals surface area contributed by atoms with Gasteiger partial charge in [0.05, 0.1) is 5.69 Å². The van der Waals surface area contributed by atoms with Crippen molar-refractivity contribution in [3.63, 3.8) is 0 Å². The van der Waals surface area contributed by atoms with E-state index in [-0.39, 0.29) is 0 Å². The van der Waals surface area contributed by atoms with E-state index < -0.39 is 0 Å². The zero-order valence-electron chi connectivity index (χ0n) is 34.8. The molecule has 296 valence electrons. The minimum atomic E-state index is 1.07. The van der Waals surface area contributed by atoms with Gasteiger partial charge in [0.15, 0.2) is 0 Å². The Morgan fingerprint density at radius 2 is 0.651 bits per heavy atom. The van der Waals surface area contributed by atoms with Gasteiger partial charge in [-0.2, -0.15) is 0 Å². The lowest BCUT2D eigenvalue weighted by Gasteiger charge is -2.30. The molecule has 11 aromatic carbocycles. The summed E-state index contributed by atoms with van der Waals surface area (Å²) in [4.78, 5) is 2.47. The molecular weight excluding hydrogens is 759 g/mol. The minimum Gasteiger partial charge on any atom is -0.310 e. The highest BCUT2D eigenvalue weighted by atomic mass is 15.1. The third kappa shape index (κ3) is 7.47. The topological polar surface area (TPSA) is 3.24 Å². The lowest BCUT2D eigenvalue weighted by molar-refractivity contribution is 1.28. The highest BCUT2D eigenvalue weighted by Gasteiger charge is 2.21. The van der Waals surface area contributed by atoms with E-state index in [0.29, 0.717) is 0 Å². The Kier molecular flexibility index (Phi) is 9.97. The van der Waals surface area contributed by atoms with Crippen molar-refractivity contribution in [2.24, 2.45) is 0 Å². The summed E-state index contributed by atoms with van der Waals surface area (Å²) in [5.74, 6) is 0. The molecule has 1 heteroatoms. The van der Waals surface area contributed by atoms with Crippen molar-refractivity contribution >= 4 is 38.6 Å². The molecule has 0 fully saturated rings. The number of rotatable bonds is 9. The number of anilines is 3. The fourth-order valence-electron chi connectivity index (χ4n) is 9.11. The van der Waals surface area contributed by atoms with Crippen LogP contribution in [0.3, 0.4) is 0 Å². The summed E-state index contributed by atoms with van der Waals surface area (Å²) < 4.78 is 0. The van der Waals surface area contributed by atoms with Crippen LogP contribution in [0.4, 0.5) is 17.1 Å². The number of fused-ring (bicyclic) bond motifs is 3. The molecule has 0 aliphatic rings. The van der Waals surface area contributed by atoms with Gasteiger partial charge in [0, 0.05) is 16.9 Å². The molecule has 0 saturated heterocycles. The predicted molar refractivity (Wildman–Crippen MR) is 269 cm³/mol. The van der Waals surface area contributed by atoms with Crippen molar-refractivity contribution in [1.29, 1.82) is 0 Å². The molecule has 0 radical (unpaired) electrons. The Morgan fingerprint density at radius 3 is 1.25 bits per heavy atom. The van der Waals surface area contributed by atoms with E-state index >= 15 is 0 Å². The van der Waals surface area contributed by atoms with E-state index in [1.165, 1.54) is 60.5 Å². The smallest absolute Gasteiger partial charge is 0.0546 e. The summed E-state index contributed by atoms with van der Waals surface area (Å²) in [5.41, 5.74) is 17.3. The van der Waals surface area contributed by atoms with Crippen molar-refractivity contribution in [1.82, 2.24) is 0 Å². The van der Waals surface area contributed by atoms with Gasteiger partial charge in [-0.05, 0) is 131 Å². The Morgan fingerprint density at radius 1 is 0.206 bits per heavy atom. The zero-order chi connectivity index (χ0) is 42.0. The van der Waals surface area contributed by atoms with Gasteiger partial charge in [0.1, 0.15) is 0 Å². The molecule has 0 atom stereocenters. The molecule has 0 aliphatic carbocycles. The van der Waals surface area contributed by atoms with Crippen molar-refractivity contribution in [2.75, 3.05) is 4.90 Å². The maximum Gasteiger partial charge on any atom is 0.0546 e. The predicted octanol–water partition coefficient (Wildman–Crippen LogP) is 17.5. The van der Waals surface area contributed by atoms with Crippen LogP contribution in [0.25, 0.3) is 88.3 Å². The third-order valence-electron chi connectivity index (χ3n) is 12.2. The molecule has 63 heavy (non-hydrogen) atoms. The Labute approximate surface area is 369 Å². The average molecular weight is 802 g/mol. The van der Waals surface area contributed by atoms with Crippen molar-refractivity contribution < 1.29 is 0 Å². The Bertz CT molecular complexity index is 3300. The molecule has 0 saturated carbocycles. The number of hydrogen-bond acceptors (Lipinski definition) is 1. The quantitative estimate of drug-likeness (QED) is 0.131. The lowest BCUT2D eigenvalue weighted by Crippen LogP contribution is -2.12. The summed E-state index contributed by atoms with van der Waals surface area (Å²) in [6, 6.07) is 94.9. The van der Waals surface area contributed by atoms with E-state index in [1.807, 2.05) is 0 Å². The van der Waals surface area contributed by atoms with Crippen LogP contribution < -0.4 is 4.90 Å². The molecule has 0 heterocycles. The van der Waals surface area contributed by atoms with Gasteiger partial charge < -0.3 is 4.90 Å². The van der Waals surface area contributed by atoms with Crippen LogP contribution in [0.1, 0.15) is 0 Å². The molecule has 0 aromatic heterocycles. The molecule has 0 spiro atoms. The molecule has 0 N–H and O–H groups in total. The van der Waals surface area contributed by atoms with Gasteiger partial charge in [-0.1, -0.05) is 212 Å². The van der Waals surface area contributed by atoms with Gasteiger partial charge in [-0.15, -0.1) is 0 Å². The largest absolute Gasteiger partial charge is 0.310 e. The molecule has 0 aliphatic heterocycles.